The fourth-order valence-corrected chi connectivity index (χ4v) is 3.01. The number of para-hydroxylation sites is 2. The summed E-state index contributed by atoms with van der Waals surface area (Å²) < 4.78 is 12.6. The normalized spacial score (nSPS) is 15.6. The third kappa shape index (κ3) is 5.49. The van der Waals surface area contributed by atoms with Gasteiger partial charge in [-0.15, -0.1) is 0 Å². The monoisotopic (exact) mass is 403 g/mol. The van der Waals surface area contributed by atoms with Crippen molar-refractivity contribution in [1.29, 1.82) is 0 Å². The van der Waals surface area contributed by atoms with Crippen molar-refractivity contribution in [2.75, 3.05) is 13.2 Å². The SMILES string of the molecule is O=C(CCCCc1ccc(Br)cc1)NCC1COc2ccccc2O1. The van der Waals surface area contributed by atoms with Gasteiger partial charge in [0, 0.05) is 10.9 Å². The minimum Gasteiger partial charge on any atom is -0.486 e. The number of nitrogens with one attached hydrogen (secondary N) is 1. The molecule has 1 unspecified atom stereocenters. The van der Waals surface area contributed by atoms with Crippen LogP contribution in [0.2, 0.25) is 0 Å². The van der Waals surface area contributed by atoms with Crippen LogP contribution in [-0.4, -0.2) is 25.2 Å². The van der Waals surface area contributed by atoms with Gasteiger partial charge in [0.15, 0.2) is 11.5 Å². The predicted molar refractivity (Wildman–Crippen MR) is 101 cm³/mol. The number of halogens is 1. The highest BCUT2D eigenvalue weighted by molar-refractivity contribution is 9.10. The van der Waals surface area contributed by atoms with Crippen molar-refractivity contribution in [1.82, 2.24) is 5.32 Å². The van der Waals surface area contributed by atoms with Crippen molar-refractivity contribution < 1.29 is 14.3 Å². The zero-order valence-corrected chi connectivity index (χ0v) is 15.6. The summed E-state index contributed by atoms with van der Waals surface area (Å²) in [4.78, 5) is 12.0. The zero-order valence-electron chi connectivity index (χ0n) is 14.0. The maximum Gasteiger partial charge on any atom is 0.220 e. The van der Waals surface area contributed by atoms with Crippen molar-refractivity contribution in [3.05, 3.63) is 58.6 Å². The summed E-state index contributed by atoms with van der Waals surface area (Å²) in [5.41, 5.74) is 1.30. The van der Waals surface area contributed by atoms with Crippen LogP contribution in [-0.2, 0) is 11.2 Å². The van der Waals surface area contributed by atoms with Crippen LogP contribution in [0.3, 0.4) is 0 Å². The van der Waals surface area contributed by atoms with Gasteiger partial charge in [-0.3, -0.25) is 4.79 Å². The van der Waals surface area contributed by atoms with Crippen molar-refractivity contribution in [3.8, 4) is 11.5 Å². The van der Waals surface area contributed by atoms with E-state index in [0.29, 0.717) is 19.6 Å². The van der Waals surface area contributed by atoms with Crippen LogP contribution in [0.4, 0.5) is 0 Å². The van der Waals surface area contributed by atoms with Crippen LogP contribution in [0.1, 0.15) is 24.8 Å². The van der Waals surface area contributed by atoms with Crippen LogP contribution < -0.4 is 14.8 Å². The highest BCUT2D eigenvalue weighted by Crippen LogP contribution is 2.30. The average Bonchev–Trinajstić information content (AvgIpc) is 2.65. The van der Waals surface area contributed by atoms with Gasteiger partial charge < -0.3 is 14.8 Å². The van der Waals surface area contributed by atoms with Gasteiger partial charge in [-0.05, 0) is 49.1 Å². The third-order valence-corrected chi connectivity index (χ3v) is 4.66. The smallest absolute Gasteiger partial charge is 0.220 e. The average molecular weight is 404 g/mol. The molecule has 2 aromatic rings. The van der Waals surface area contributed by atoms with Crippen molar-refractivity contribution in [3.63, 3.8) is 0 Å². The van der Waals surface area contributed by atoms with E-state index in [1.165, 1.54) is 5.56 Å². The fourth-order valence-electron chi connectivity index (χ4n) is 2.75. The van der Waals surface area contributed by atoms with Gasteiger partial charge in [0.2, 0.25) is 5.91 Å². The first-order valence-corrected chi connectivity index (χ1v) is 9.39. The molecule has 1 atom stereocenters. The number of hydrogen-bond donors (Lipinski definition) is 1. The Morgan fingerprint density at radius 2 is 1.84 bits per heavy atom. The molecule has 1 amide bonds. The lowest BCUT2D eigenvalue weighted by molar-refractivity contribution is -0.121. The second-order valence-corrected chi connectivity index (χ2v) is 7.05. The van der Waals surface area contributed by atoms with Gasteiger partial charge in [0.25, 0.3) is 0 Å². The molecular weight excluding hydrogens is 382 g/mol. The highest BCUT2D eigenvalue weighted by Gasteiger charge is 2.20. The Balaban J connectivity index is 1.31. The number of carbonyl (C=O) groups is 1. The molecule has 5 heteroatoms. The molecule has 1 N–H and O–H groups in total. The van der Waals surface area contributed by atoms with E-state index in [2.05, 4.69) is 33.4 Å². The Morgan fingerprint density at radius 1 is 1.08 bits per heavy atom. The van der Waals surface area contributed by atoms with Gasteiger partial charge in [0.05, 0.1) is 6.54 Å². The molecule has 1 aliphatic rings. The number of amides is 1. The fraction of sp³-hybridized carbons (Fsp3) is 0.350. The standard InChI is InChI=1S/C20H22BrNO3/c21-16-11-9-15(10-12-16)5-1-4-8-20(23)22-13-17-14-24-18-6-2-3-7-19(18)25-17/h2-3,6-7,9-12,17H,1,4-5,8,13-14H2,(H,22,23). The molecule has 0 aliphatic carbocycles. The molecule has 0 spiro atoms. The molecule has 0 aromatic heterocycles. The lowest BCUT2D eigenvalue weighted by atomic mass is 10.1. The molecule has 132 valence electrons. The summed E-state index contributed by atoms with van der Waals surface area (Å²) in [5, 5.41) is 2.94. The number of benzene rings is 2. The Bertz CT molecular complexity index is 702. The molecule has 0 saturated heterocycles. The van der Waals surface area contributed by atoms with Crippen LogP contribution in [0, 0.1) is 0 Å². The summed E-state index contributed by atoms with van der Waals surface area (Å²) in [6.07, 6.45) is 3.29. The zero-order chi connectivity index (χ0) is 17.5. The summed E-state index contributed by atoms with van der Waals surface area (Å²) in [7, 11) is 0. The van der Waals surface area contributed by atoms with Gasteiger partial charge >= 0.3 is 0 Å². The molecule has 2 aromatic carbocycles. The van der Waals surface area contributed by atoms with Crippen molar-refractivity contribution >= 4 is 21.8 Å². The first kappa shape index (κ1) is 17.8. The second-order valence-electron chi connectivity index (χ2n) is 6.14. The van der Waals surface area contributed by atoms with Gasteiger partial charge in [-0.1, -0.05) is 40.2 Å². The van der Waals surface area contributed by atoms with E-state index in [9.17, 15) is 4.79 Å². The minimum atomic E-state index is -0.137. The molecular formula is C20H22BrNO3. The Morgan fingerprint density at radius 3 is 2.64 bits per heavy atom. The summed E-state index contributed by atoms with van der Waals surface area (Å²) >= 11 is 3.43. The number of fused-ring (bicyclic) bond motifs is 1. The molecule has 4 nitrogen and oxygen atoms in total. The first-order chi connectivity index (χ1) is 12.2. The van der Waals surface area contributed by atoms with E-state index in [1.54, 1.807) is 0 Å². The minimum absolute atomic E-state index is 0.0678. The van der Waals surface area contributed by atoms with Crippen molar-refractivity contribution in [2.24, 2.45) is 0 Å². The molecule has 25 heavy (non-hydrogen) atoms. The summed E-state index contributed by atoms with van der Waals surface area (Å²) in [6, 6.07) is 15.9. The Labute approximate surface area is 156 Å². The van der Waals surface area contributed by atoms with E-state index >= 15 is 0 Å². The number of hydrogen-bond acceptors (Lipinski definition) is 3. The quantitative estimate of drug-likeness (QED) is 0.707. The molecule has 1 aliphatic heterocycles. The highest BCUT2D eigenvalue weighted by atomic mass is 79.9. The predicted octanol–water partition coefficient (Wildman–Crippen LogP) is 4.12. The number of rotatable bonds is 7. The molecule has 0 radical (unpaired) electrons. The van der Waals surface area contributed by atoms with Gasteiger partial charge in [-0.25, -0.2) is 0 Å². The third-order valence-electron chi connectivity index (χ3n) is 4.13. The largest absolute Gasteiger partial charge is 0.486 e. The van der Waals surface area contributed by atoms with Crippen LogP contribution in [0.25, 0.3) is 0 Å². The van der Waals surface area contributed by atoms with Crippen LogP contribution in [0.15, 0.2) is 53.0 Å². The number of aryl methyl sites for hydroxylation is 1. The van der Waals surface area contributed by atoms with E-state index in [-0.39, 0.29) is 12.0 Å². The molecule has 0 saturated carbocycles. The number of ether oxygens (including phenoxy) is 2. The van der Waals surface area contributed by atoms with Crippen molar-refractivity contribution in [2.45, 2.75) is 31.8 Å². The number of carbonyl (C=O) groups excluding carboxylic acids is 1. The lowest BCUT2D eigenvalue weighted by Crippen LogP contribution is -2.40. The first-order valence-electron chi connectivity index (χ1n) is 8.60. The van der Waals surface area contributed by atoms with E-state index in [4.69, 9.17) is 9.47 Å². The van der Waals surface area contributed by atoms with E-state index < -0.39 is 0 Å². The molecule has 3 rings (SSSR count). The second kappa shape index (κ2) is 8.90. The summed E-state index contributed by atoms with van der Waals surface area (Å²) in [6.45, 7) is 0.931. The van der Waals surface area contributed by atoms with E-state index in [1.807, 2.05) is 36.4 Å². The van der Waals surface area contributed by atoms with E-state index in [0.717, 1.165) is 35.2 Å². The lowest BCUT2D eigenvalue weighted by Gasteiger charge is -2.26. The Hall–Kier alpha value is -2.01. The van der Waals surface area contributed by atoms with Gasteiger partial charge in [0.1, 0.15) is 12.7 Å². The number of unbranched alkanes of at least 4 members (excludes halogenated alkanes) is 1. The maximum atomic E-state index is 12.0. The van der Waals surface area contributed by atoms with Crippen LogP contribution >= 0.6 is 15.9 Å². The Kier molecular flexibility index (Phi) is 6.34. The van der Waals surface area contributed by atoms with Gasteiger partial charge in [-0.2, -0.15) is 0 Å². The summed E-state index contributed by atoms with van der Waals surface area (Å²) in [5.74, 6) is 1.57. The molecule has 0 bridgehead atoms. The molecule has 1 heterocycles. The molecule has 0 fully saturated rings. The topological polar surface area (TPSA) is 47.6 Å². The van der Waals surface area contributed by atoms with Crippen LogP contribution in [0.5, 0.6) is 11.5 Å². The maximum absolute atomic E-state index is 12.0.